The van der Waals surface area contributed by atoms with Crippen LogP contribution in [0, 0.1) is 26.6 Å². The Hall–Kier alpha value is -3.52. The van der Waals surface area contributed by atoms with Crippen LogP contribution in [0.15, 0.2) is 18.2 Å². The molecule has 0 spiro atoms. The van der Waals surface area contributed by atoms with Gasteiger partial charge in [0.05, 0.1) is 17.7 Å². The van der Waals surface area contributed by atoms with Crippen molar-refractivity contribution < 1.29 is 28.6 Å². The molecule has 1 aliphatic heterocycles. The molecule has 8 heteroatoms. The summed E-state index contributed by atoms with van der Waals surface area (Å²) in [6, 6.07) is 5.19. The zero-order valence-electron chi connectivity index (χ0n) is 23.3. The number of carboxylic acids is 1. The summed E-state index contributed by atoms with van der Waals surface area (Å²) in [4.78, 5) is 30.6. The van der Waals surface area contributed by atoms with Gasteiger partial charge in [-0.2, -0.15) is 0 Å². The van der Waals surface area contributed by atoms with Gasteiger partial charge in [-0.05, 0) is 108 Å². The van der Waals surface area contributed by atoms with Crippen LogP contribution in [0.3, 0.4) is 0 Å². The smallest absolute Gasteiger partial charge is 0.337 e. The fourth-order valence-corrected chi connectivity index (χ4v) is 5.40. The maximum atomic E-state index is 15.5. The van der Waals surface area contributed by atoms with Gasteiger partial charge < -0.3 is 19.9 Å². The molecule has 1 atom stereocenters. The Bertz CT molecular complexity index is 1500. The molecule has 1 saturated carbocycles. The number of aliphatic carboxylic acids is 1. The fraction of sp³-hybridized carbons (Fsp3) is 0.452. The minimum atomic E-state index is -1.36. The molecule has 39 heavy (non-hydrogen) atoms. The van der Waals surface area contributed by atoms with Crippen molar-refractivity contribution in [3.63, 3.8) is 0 Å². The van der Waals surface area contributed by atoms with Crippen LogP contribution >= 0.6 is 0 Å². The SMILES string of the molecule is Cc1cc2nc(C)c([C@H](OC(C)(C)C)C(=O)O)c(-c3cc(F)c4c(c3C)CCCO4)c2cc1C(=O)NC1CC1. The maximum Gasteiger partial charge on any atom is 0.337 e. The molecule has 1 amide bonds. The Morgan fingerprint density at radius 1 is 1.18 bits per heavy atom. The number of hydrogen-bond donors (Lipinski definition) is 2. The number of nitrogens with zero attached hydrogens (tertiary/aromatic N) is 1. The summed E-state index contributed by atoms with van der Waals surface area (Å²) in [6.45, 7) is 11.3. The van der Waals surface area contributed by atoms with Crippen LogP contribution in [0.1, 0.15) is 84.4 Å². The molecule has 0 bridgehead atoms. The number of ether oxygens (including phenoxy) is 2. The van der Waals surface area contributed by atoms with Crippen molar-refractivity contribution in [1.82, 2.24) is 10.3 Å². The van der Waals surface area contributed by atoms with Crippen LogP contribution in [0.5, 0.6) is 5.75 Å². The van der Waals surface area contributed by atoms with Gasteiger partial charge in [-0.15, -0.1) is 0 Å². The zero-order chi connectivity index (χ0) is 28.2. The van der Waals surface area contributed by atoms with Crippen molar-refractivity contribution in [2.45, 2.75) is 85.0 Å². The Morgan fingerprint density at radius 3 is 2.54 bits per heavy atom. The summed E-state index contributed by atoms with van der Waals surface area (Å²) in [7, 11) is 0. The molecule has 2 aliphatic rings. The lowest BCUT2D eigenvalue weighted by Gasteiger charge is -2.29. The second kappa shape index (κ2) is 9.90. The lowest BCUT2D eigenvalue weighted by atomic mass is 9.85. The van der Waals surface area contributed by atoms with E-state index in [0.29, 0.717) is 51.9 Å². The third kappa shape index (κ3) is 5.22. The fourth-order valence-electron chi connectivity index (χ4n) is 5.40. The second-order valence-corrected chi connectivity index (χ2v) is 11.7. The molecule has 1 aliphatic carbocycles. The van der Waals surface area contributed by atoms with Crippen LogP contribution in [0.25, 0.3) is 22.0 Å². The van der Waals surface area contributed by atoms with E-state index in [1.165, 1.54) is 6.07 Å². The number of aryl methyl sites for hydroxylation is 2. The number of amides is 1. The summed E-state index contributed by atoms with van der Waals surface area (Å²) in [6.07, 6.45) is 1.95. The average molecular weight is 535 g/mol. The van der Waals surface area contributed by atoms with Crippen LogP contribution in [-0.4, -0.2) is 40.2 Å². The number of carboxylic acid groups (broad SMARTS) is 1. The predicted octanol–water partition coefficient (Wildman–Crippen LogP) is 6.12. The van der Waals surface area contributed by atoms with Gasteiger partial charge in [0, 0.05) is 33.8 Å². The van der Waals surface area contributed by atoms with Crippen LogP contribution < -0.4 is 10.1 Å². The average Bonchev–Trinajstić information content (AvgIpc) is 3.67. The normalized spacial score (nSPS) is 16.0. The van der Waals surface area contributed by atoms with Gasteiger partial charge in [0.2, 0.25) is 0 Å². The van der Waals surface area contributed by atoms with Gasteiger partial charge >= 0.3 is 5.97 Å². The monoisotopic (exact) mass is 534 g/mol. The Balaban J connectivity index is 1.86. The molecule has 1 fully saturated rings. The van der Waals surface area contributed by atoms with Gasteiger partial charge in [0.1, 0.15) is 0 Å². The third-order valence-corrected chi connectivity index (χ3v) is 7.38. The van der Waals surface area contributed by atoms with E-state index < -0.39 is 23.5 Å². The van der Waals surface area contributed by atoms with Gasteiger partial charge in [-0.3, -0.25) is 9.78 Å². The van der Waals surface area contributed by atoms with Crippen molar-refractivity contribution in [3.05, 3.63) is 57.5 Å². The first-order chi connectivity index (χ1) is 18.4. The molecule has 2 aromatic carbocycles. The molecular formula is C31H35FN2O5. The molecular weight excluding hydrogens is 499 g/mol. The van der Waals surface area contributed by atoms with E-state index >= 15 is 4.39 Å². The number of benzene rings is 2. The van der Waals surface area contributed by atoms with E-state index in [9.17, 15) is 14.7 Å². The summed E-state index contributed by atoms with van der Waals surface area (Å²) in [5, 5.41) is 14.0. The number of pyridine rings is 1. The summed E-state index contributed by atoms with van der Waals surface area (Å²) in [5.41, 5.74) is 4.51. The largest absolute Gasteiger partial charge is 0.490 e. The highest BCUT2D eigenvalue weighted by atomic mass is 19.1. The van der Waals surface area contributed by atoms with E-state index in [-0.39, 0.29) is 17.7 Å². The predicted molar refractivity (Wildman–Crippen MR) is 147 cm³/mol. The van der Waals surface area contributed by atoms with Gasteiger partial charge in [0.15, 0.2) is 17.7 Å². The number of rotatable bonds is 6. The van der Waals surface area contributed by atoms with E-state index in [0.717, 1.165) is 36.0 Å². The van der Waals surface area contributed by atoms with Crippen molar-refractivity contribution in [2.75, 3.05) is 6.61 Å². The zero-order valence-corrected chi connectivity index (χ0v) is 23.3. The Morgan fingerprint density at radius 2 is 1.90 bits per heavy atom. The lowest BCUT2D eigenvalue weighted by Crippen LogP contribution is -2.28. The molecule has 206 valence electrons. The van der Waals surface area contributed by atoms with E-state index in [1.54, 1.807) is 33.8 Å². The minimum Gasteiger partial charge on any atom is -0.490 e. The Labute approximate surface area is 227 Å². The molecule has 2 heterocycles. The first-order valence-electron chi connectivity index (χ1n) is 13.5. The quantitative estimate of drug-likeness (QED) is 0.395. The molecule has 0 saturated heterocycles. The maximum absolute atomic E-state index is 15.5. The van der Waals surface area contributed by atoms with E-state index in [2.05, 4.69) is 5.32 Å². The van der Waals surface area contributed by atoms with Crippen molar-refractivity contribution in [1.29, 1.82) is 0 Å². The number of halogens is 1. The van der Waals surface area contributed by atoms with Gasteiger partial charge in [-0.1, -0.05) is 0 Å². The molecule has 5 rings (SSSR count). The lowest BCUT2D eigenvalue weighted by molar-refractivity contribution is -0.160. The van der Waals surface area contributed by atoms with Crippen molar-refractivity contribution >= 4 is 22.8 Å². The number of aromatic nitrogens is 1. The second-order valence-electron chi connectivity index (χ2n) is 11.7. The first-order valence-corrected chi connectivity index (χ1v) is 13.5. The topological polar surface area (TPSA) is 97.8 Å². The molecule has 0 unspecified atom stereocenters. The minimum absolute atomic E-state index is 0.173. The van der Waals surface area contributed by atoms with Crippen LogP contribution in [0.4, 0.5) is 4.39 Å². The molecule has 2 N–H and O–H groups in total. The first kappa shape index (κ1) is 27.1. The molecule has 1 aromatic heterocycles. The summed E-state index contributed by atoms with van der Waals surface area (Å²) >= 11 is 0. The number of carbonyl (C=O) groups excluding carboxylic acids is 1. The standard InChI is InChI=1S/C31H35FN2O5/c1-15-12-24-22(13-20(15)29(35)34-18-9-10-18)26(21-14-23(32)27-19(16(21)2)8-7-11-38-27)25(17(3)33-24)28(30(36)37)39-31(4,5)6/h12-14,18,28H,7-11H2,1-6H3,(H,34,35)(H,36,37)/t28-/m0/s1. The highest BCUT2D eigenvalue weighted by molar-refractivity contribution is 6.05. The van der Waals surface area contributed by atoms with Crippen molar-refractivity contribution in [2.24, 2.45) is 0 Å². The van der Waals surface area contributed by atoms with E-state index in [1.807, 2.05) is 19.9 Å². The van der Waals surface area contributed by atoms with Crippen LogP contribution in [-0.2, 0) is 16.0 Å². The summed E-state index contributed by atoms with van der Waals surface area (Å²) in [5.74, 6) is -1.61. The molecule has 7 nitrogen and oxygen atoms in total. The highest BCUT2D eigenvalue weighted by Gasteiger charge is 2.34. The third-order valence-electron chi connectivity index (χ3n) is 7.38. The van der Waals surface area contributed by atoms with Gasteiger partial charge in [0.25, 0.3) is 5.91 Å². The van der Waals surface area contributed by atoms with Crippen molar-refractivity contribution in [3.8, 4) is 16.9 Å². The highest BCUT2D eigenvalue weighted by Crippen LogP contribution is 2.44. The molecule has 0 radical (unpaired) electrons. The molecule has 3 aromatic rings. The number of fused-ring (bicyclic) bond motifs is 2. The van der Waals surface area contributed by atoms with Crippen LogP contribution in [0.2, 0.25) is 0 Å². The number of nitrogens with one attached hydrogen (secondary N) is 1. The van der Waals surface area contributed by atoms with Gasteiger partial charge in [-0.25, -0.2) is 9.18 Å². The number of carbonyl (C=O) groups is 2. The number of hydrogen-bond acceptors (Lipinski definition) is 5. The Kier molecular flexibility index (Phi) is 6.87. The van der Waals surface area contributed by atoms with E-state index in [4.69, 9.17) is 14.5 Å². The summed E-state index contributed by atoms with van der Waals surface area (Å²) < 4.78 is 27.3.